The van der Waals surface area contributed by atoms with Crippen molar-refractivity contribution in [3.63, 3.8) is 0 Å². The fourth-order valence-electron chi connectivity index (χ4n) is 2.36. The average molecular weight is 394 g/mol. The van der Waals surface area contributed by atoms with Gasteiger partial charge in [0.1, 0.15) is 5.37 Å². The van der Waals surface area contributed by atoms with Gasteiger partial charge in [0.15, 0.2) is 9.84 Å². The Kier molecular flexibility index (Phi) is 5.62. The Morgan fingerprint density at radius 3 is 2.81 bits per heavy atom. The van der Waals surface area contributed by atoms with Crippen LogP contribution in [0.3, 0.4) is 0 Å². The molecule has 0 spiro atoms. The van der Waals surface area contributed by atoms with Crippen LogP contribution in [0.2, 0.25) is 0 Å². The molecule has 1 heterocycles. The average Bonchev–Trinajstić information content (AvgIpc) is 2.47. The van der Waals surface area contributed by atoms with Crippen LogP contribution < -0.4 is 4.90 Å². The molecule has 1 aromatic rings. The molecule has 0 aliphatic carbocycles. The maximum atomic E-state index is 12.3. The van der Waals surface area contributed by atoms with E-state index in [1.807, 2.05) is 23.1 Å². The number of anilines is 1. The standard InChI is InChI=1S/C14H20BrNO3S2/c1-3-21(18,19)14-9-20-7-6-16(14)13-5-4-11(10(2)17)8-12(13)15/h4-5,8,10,14,17H,3,6-7,9H2,1-2H3. The zero-order valence-electron chi connectivity index (χ0n) is 12.1. The van der Waals surface area contributed by atoms with Crippen LogP contribution in [-0.2, 0) is 9.84 Å². The summed E-state index contributed by atoms with van der Waals surface area (Å²) in [5.41, 5.74) is 1.69. The number of hydrogen-bond donors (Lipinski definition) is 1. The van der Waals surface area contributed by atoms with Gasteiger partial charge in [-0.15, -0.1) is 0 Å². The largest absolute Gasteiger partial charge is 0.389 e. The molecule has 1 aromatic carbocycles. The van der Waals surface area contributed by atoms with Crippen LogP contribution in [0.5, 0.6) is 0 Å². The van der Waals surface area contributed by atoms with Crippen molar-refractivity contribution in [2.24, 2.45) is 0 Å². The van der Waals surface area contributed by atoms with Gasteiger partial charge in [0.05, 0.1) is 11.8 Å². The molecule has 1 saturated heterocycles. The topological polar surface area (TPSA) is 57.6 Å². The maximum Gasteiger partial charge on any atom is 0.171 e. The molecule has 118 valence electrons. The number of thioether (sulfide) groups is 1. The van der Waals surface area contributed by atoms with E-state index in [1.54, 1.807) is 25.6 Å². The van der Waals surface area contributed by atoms with Crippen LogP contribution in [0.15, 0.2) is 22.7 Å². The minimum Gasteiger partial charge on any atom is -0.389 e. The van der Waals surface area contributed by atoms with Crippen molar-refractivity contribution in [1.29, 1.82) is 0 Å². The highest BCUT2D eigenvalue weighted by Gasteiger charge is 2.33. The van der Waals surface area contributed by atoms with E-state index < -0.39 is 21.3 Å². The summed E-state index contributed by atoms with van der Waals surface area (Å²) in [6.07, 6.45) is -0.539. The van der Waals surface area contributed by atoms with E-state index in [-0.39, 0.29) is 5.75 Å². The quantitative estimate of drug-likeness (QED) is 0.851. The number of hydrogen-bond acceptors (Lipinski definition) is 5. The van der Waals surface area contributed by atoms with E-state index in [0.717, 1.165) is 21.5 Å². The van der Waals surface area contributed by atoms with E-state index in [0.29, 0.717) is 12.3 Å². The van der Waals surface area contributed by atoms with Crippen molar-refractivity contribution in [2.75, 3.05) is 28.7 Å². The lowest BCUT2D eigenvalue weighted by Crippen LogP contribution is -2.48. The lowest BCUT2D eigenvalue weighted by atomic mass is 10.1. The van der Waals surface area contributed by atoms with Crippen molar-refractivity contribution >= 4 is 43.2 Å². The van der Waals surface area contributed by atoms with Crippen molar-refractivity contribution in [3.05, 3.63) is 28.2 Å². The van der Waals surface area contributed by atoms with Crippen LogP contribution in [0.4, 0.5) is 5.69 Å². The third-order valence-electron chi connectivity index (χ3n) is 3.67. The molecule has 1 N–H and O–H groups in total. The molecule has 1 aliphatic heterocycles. The first kappa shape index (κ1) is 17.1. The van der Waals surface area contributed by atoms with Crippen molar-refractivity contribution in [2.45, 2.75) is 25.3 Å². The summed E-state index contributed by atoms with van der Waals surface area (Å²) in [4.78, 5) is 1.96. The molecule has 0 saturated carbocycles. The van der Waals surface area contributed by atoms with Crippen molar-refractivity contribution in [1.82, 2.24) is 0 Å². The number of benzene rings is 1. The van der Waals surface area contributed by atoms with Gasteiger partial charge < -0.3 is 10.0 Å². The molecule has 21 heavy (non-hydrogen) atoms. The van der Waals surface area contributed by atoms with E-state index in [4.69, 9.17) is 0 Å². The van der Waals surface area contributed by atoms with Gasteiger partial charge in [0, 0.05) is 28.3 Å². The molecular formula is C14H20BrNO3S2. The van der Waals surface area contributed by atoms with E-state index >= 15 is 0 Å². The van der Waals surface area contributed by atoms with Crippen molar-refractivity contribution < 1.29 is 13.5 Å². The molecule has 0 radical (unpaired) electrons. The van der Waals surface area contributed by atoms with Crippen LogP contribution >= 0.6 is 27.7 Å². The van der Waals surface area contributed by atoms with Crippen LogP contribution in [-0.4, -0.2) is 42.7 Å². The lowest BCUT2D eigenvalue weighted by molar-refractivity contribution is 0.199. The lowest BCUT2D eigenvalue weighted by Gasteiger charge is -2.37. The maximum absolute atomic E-state index is 12.3. The molecule has 2 atom stereocenters. The molecule has 4 nitrogen and oxygen atoms in total. The Morgan fingerprint density at radius 1 is 1.52 bits per heavy atom. The number of halogens is 1. The van der Waals surface area contributed by atoms with Crippen LogP contribution in [0, 0.1) is 0 Å². The number of nitrogens with zero attached hydrogens (tertiary/aromatic N) is 1. The summed E-state index contributed by atoms with van der Waals surface area (Å²) in [5, 5.41) is 9.16. The Morgan fingerprint density at radius 2 is 2.24 bits per heavy atom. The first-order valence-corrected chi connectivity index (χ1v) is 10.6. The Bertz CT molecular complexity index is 604. The smallest absolute Gasteiger partial charge is 0.171 e. The van der Waals surface area contributed by atoms with E-state index in [2.05, 4.69) is 15.9 Å². The number of rotatable bonds is 4. The van der Waals surface area contributed by atoms with Crippen LogP contribution in [0.25, 0.3) is 0 Å². The van der Waals surface area contributed by atoms with Crippen molar-refractivity contribution in [3.8, 4) is 0 Å². The Balaban J connectivity index is 2.38. The fourth-order valence-corrected chi connectivity index (χ4v) is 5.97. The summed E-state index contributed by atoms with van der Waals surface area (Å²) in [6, 6.07) is 5.60. The summed E-state index contributed by atoms with van der Waals surface area (Å²) in [5.74, 6) is 1.67. The van der Waals surface area contributed by atoms with Gasteiger partial charge in [0.25, 0.3) is 0 Å². The summed E-state index contributed by atoms with van der Waals surface area (Å²) >= 11 is 5.19. The molecular weight excluding hydrogens is 374 g/mol. The predicted octanol–water partition coefficient (Wildman–Crippen LogP) is 2.82. The van der Waals surface area contributed by atoms with Gasteiger partial charge in [0.2, 0.25) is 0 Å². The summed E-state index contributed by atoms with van der Waals surface area (Å²) in [6.45, 7) is 4.11. The number of aliphatic hydroxyl groups excluding tert-OH is 1. The molecule has 7 heteroatoms. The van der Waals surface area contributed by atoms with E-state index in [9.17, 15) is 13.5 Å². The highest BCUT2D eigenvalue weighted by atomic mass is 79.9. The minimum atomic E-state index is -3.13. The van der Waals surface area contributed by atoms with Crippen LogP contribution in [0.1, 0.15) is 25.5 Å². The predicted molar refractivity (Wildman–Crippen MR) is 92.7 cm³/mol. The summed E-state index contributed by atoms with van der Waals surface area (Å²) in [7, 11) is -3.13. The van der Waals surface area contributed by atoms with Gasteiger partial charge >= 0.3 is 0 Å². The number of aliphatic hydroxyl groups is 1. The Hall–Kier alpha value is -0.240. The SMILES string of the molecule is CCS(=O)(=O)C1CSCCN1c1ccc(C(C)O)cc1Br. The zero-order chi connectivity index (χ0) is 15.6. The second-order valence-corrected chi connectivity index (χ2v) is 9.51. The second kappa shape index (κ2) is 6.89. The van der Waals surface area contributed by atoms with Gasteiger partial charge in [-0.25, -0.2) is 8.42 Å². The zero-order valence-corrected chi connectivity index (χ0v) is 15.3. The first-order chi connectivity index (χ1) is 9.86. The molecule has 2 rings (SSSR count). The number of sulfone groups is 1. The molecule has 0 bridgehead atoms. The Labute approximate surface area is 139 Å². The molecule has 1 aliphatic rings. The monoisotopic (exact) mass is 393 g/mol. The highest BCUT2D eigenvalue weighted by Crippen LogP contribution is 2.34. The van der Waals surface area contributed by atoms with Gasteiger partial charge in [-0.3, -0.25) is 0 Å². The third-order valence-corrected chi connectivity index (χ3v) is 7.59. The first-order valence-electron chi connectivity index (χ1n) is 6.90. The second-order valence-electron chi connectivity index (χ2n) is 5.06. The normalized spacial score (nSPS) is 21.3. The molecule has 0 aromatic heterocycles. The third kappa shape index (κ3) is 3.75. The molecule has 1 fully saturated rings. The minimum absolute atomic E-state index is 0.151. The fraction of sp³-hybridized carbons (Fsp3) is 0.571. The highest BCUT2D eigenvalue weighted by molar-refractivity contribution is 9.10. The molecule has 0 amide bonds. The van der Waals surface area contributed by atoms with E-state index in [1.165, 1.54) is 0 Å². The molecule has 2 unspecified atom stereocenters. The van der Waals surface area contributed by atoms with Gasteiger partial charge in [-0.1, -0.05) is 13.0 Å². The summed E-state index contributed by atoms with van der Waals surface area (Å²) < 4.78 is 25.5. The van der Waals surface area contributed by atoms with Gasteiger partial charge in [-0.2, -0.15) is 11.8 Å². The van der Waals surface area contributed by atoms with Gasteiger partial charge in [-0.05, 0) is 40.5 Å².